The van der Waals surface area contributed by atoms with Gasteiger partial charge >= 0.3 is 0 Å². The summed E-state index contributed by atoms with van der Waals surface area (Å²) in [6.45, 7) is 3.56. The van der Waals surface area contributed by atoms with Crippen LogP contribution in [0.25, 0.3) is 0 Å². The van der Waals surface area contributed by atoms with Crippen LogP contribution < -0.4 is 5.32 Å². The lowest BCUT2D eigenvalue weighted by molar-refractivity contribution is -0.120. The summed E-state index contributed by atoms with van der Waals surface area (Å²) in [6.07, 6.45) is 2.86. The number of carbonyl (C=O) groups is 1. The van der Waals surface area contributed by atoms with Crippen LogP contribution in [0.4, 0.5) is 0 Å². The molecule has 1 fully saturated rings. The van der Waals surface area contributed by atoms with Crippen molar-refractivity contribution in [3.63, 3.8) is 0 Å². The zero-order chi connectivity index (χ0) is 15.1. The maximum atomic E-state index is 11.8. The van der Waals surface area contributed by atoms with E-state index in [0.717, 1.165) is 44.5 Å². The lowest BCUT2D eigenvalue weighted by atomic mass is 10.1. The Bertz CT molecular complexity index is 459. The van der Waals surface area contributed by atoms with Gasteiger partial charge in [-0.15, -0.1) is 0 Å². The zero-order valence-corrected chi connectivity index (χ0v) is 13.0. The number of nitrogens with one attached hydrogen (secondary N) is 1. The third kappa shape index (κ3) is 5.65. The molecule has 0 aliphatic carbocycles. The summed E-state index contributed by atoms with van der Waals surface area (Å²) in [5, 5.41) is 13.0. The average molecular weight is 311 g/mol. The number of amides is 1. The van der Waals surface area contributed by atoms with E-state index in [4.69, 9.17) is 11.6 Å². The number of aliphatic hydroxyl groups excluding tert-OH is 1. The molecule has 1 amide bonds. The predicted molar refractivity (Wildman–Crippen MR) is 84.5 cm³/mol. The number of rotatable bonds is 6. The molecule has 1 aromatic rings. The largest absolute Gasteiger partial charge is 0.393 e. The van der Waals surface area contributed by atoms with E-state index in [1.807, 2.05) is 18.2 Å². The van der Waals surface area contributed by atoms with E-state index < -0.39 is 0 Å². The normalized spacial score (nSPS) is 16.9. The summed E-state index contributed by atoms with van der Waals surface area (Å²) in [5.74, 6) is 0.0113. The Hall–Kier alpha value is -1.10. The lowest BCUT2D eigenvalue weighted by Gasteiger charge is -2.29. The number of nitrogens with zero attached hydrogens (tertiary/aromatic N) is 1. The van der Waals surface area contributed by atoms with Gasteiger partial charge in [0.2, 0.25) is 5.91 Å². The molecule has 5 heteroatoms. The second kappa shape index (κ2) is 8.37. The van der Waals surface area contributed by atoms with Crippen LogP contribution in [-0.4, -0.2) is 48.2 Å². The van der Waals surface area contributed by atoms with E-state index >= 15 is 0 Å². The second-order valence-corrected chi connectivity index (χ2v) is 5.95. The average Bonchev–Trinajstić information content (AvgIpc) is 2.48. The summed E-state index contributed by atoms with van der Waals surface area (Å²) in [6, 6.07) is 7.43. The molecular weight excluding hydrogens is 288 g/mol. The molecule has 0 aromatic heterocycles. The highest BCUT2D eigenvalue weighted by atomic mass is 35.5. The van der Waals surface area contributed by atoms with Crippen LogP contribution in [0.2, 0.25) is 5.02 Å². The Morgan fingerprint density at radius 2 is 2.05 bits per heavy atom. The quantitative estimate of drug-likeness (QED) is 0.788. The first-order valence-electron chi connectivity index (χ1n) is 7.55. The summed E-state index contributed by atoms with van der Waals surface area (Å²) in [5.41, 5.74) is 0.863. The van der Waals surface area contributed by atoms with Crippen LogP contribution in [-0.2, 0) is 11.2 Å². The Balaban J connectivity index is 1.60. The third-order valence-corrected chi connectivity index (χ3v) is 4.21. The fraction of sp³-hybridized carbons (Fsp3) is 0.562. The molecule has 0 spiro atoms. The minimum absolute atomic E-state index is 0.0113. The molecule has 0 bridgehead atoms. The molecule has 0 radical (unpaired) electrons. The Labute approximate surface area is 131 Å². The molecule has 1 aromatic carbocycles. The third-order valence-electron chi connectivity index (χ3n) is 3.84. The number of benzene rings is 1. The summed E-state index contributed by atoms with van der Waals surface area (Å²) >= 11 is 6.04. The van der Waals surface area contributed by atoms with E-state index in [0.29, 0.717) is 18.0 Å². The van der Waals surface area contributed by atoms with Gasteiger partial charge in [-0.2, -0.15) is 0 Å². The van der Waals surface area contributed by atoms with E-state index in [2.05, 4.69) is 10.2 Å². The molecule has 1 aliphatic rings. The minimum atomic E-state index is -0.128. The highest BCUT2D eigenvalue weighted by Gasteiger charge is 2.16. The van der Waals surface area contributed by atoms with Crippen molar-refractivity contribution in [2.75, 3.05) is 26.2 Å². The maximum absolute atomic E-state index is 11.8. The van der Waals surface area contributed by atoms with Crippen LogP contribution in [0, 0.1) is 0 Å². The van der Waals surface area contributed by atoms with Crippen LogP contribution in [0.3, 0.4) is 0 Å². The molecule has 116 valence electrons. The molecule has 0 unspecified atom stereocenters. The fourth-order valence-corrected chi connectivity index (χ4v) is 2.75. The number of piperidine rings is 1. The number of likely N-dealkylation sites (tertiary alicyclic amines) is 1. The van der Waals surface area contributed by atoms with Crippen LogP contribution in [0.1, 0.15) is 24.8 Å². The second-order valence-electron chi connectivity index (χ2n) is 5.54. The molecule has 1 heterocycles. The Morgan fingerprint density at radius 3 is 2.76 bits per heavy atom. The molecule has 1 aliphatic heterocycles. The van der Waals surface area contributed by atoms with E-state index in [1.54, 1.807) is 6.07 Å². The van der Waals surface area contributed by atoms with Crippen LogP contribution in [0.15, 0.2) is 24.3 Å². The van der Waals surface area contributed by atoms with Gasteiger partial charge in [0.1, 0.15) is 0 Å². The van der Waals surface area contributed by atoms with Crippen LogP contribution in [0.5, 0.6) is 0 Å². The minimum Gasteiger partial charge on any atom is -0.393 e. The molecule has 0 saturated carbocycles. The molecule has 1 saturated heterocycles. The van der Waals surface area contributed by atoms with Crippen LogP contribution >= 0.6 is 11.6 Å². The first-order chi connectivity index (χ1) is 10.1. The number of halogens is 1. The molecule has 21 heavy (non-hydrogen) atoms. The van der Waals surface area contributed by atoms with E-state index in [1.165, 1.54) is 0 Å². The van der Waals surface area contributed by atoms with E-state index in [9.17, 15) is 9.90 Å². The highest BCUT2D eigenvalue weighted by molar-refractivity contribution is 6.31. The molecule has 2 N–H and O–H groups in total. The maximum Gasteiger partial charge on any atom is 0.224 e. The lowest BCUT2D eigenvalue weighted by Crippen LogP contribution is -2.37. The molecule has 2 rings (SSSR count). The van der Waals surface area contributed by atoms with Gasteiger partial charge in [0.05, 0.1) is 12.5 Å². The van der Waals surface area contributed by atoms with E-state index in [-0.39, 0.29) is 12.0 Å². The van der Waals surface area contributed by atoms with Crippen molar-refractivity contribution in [1.29, 1.82) is 0 Å². The topological polar surface area (TPSA) is 52.6 Å². The number of carbonyl (C=O) groups excluding carboxylic acids is 1. The Morgan fingerprint density at radius 1 is 1.33 bits per heavy atom. The van der Waals surface area contributed by atoms with Gasteiger partial charge in [0.15, 0.2) is 0 Å². The van der Waals surface area contributed by atoms with Gasteiger partial charge in [-0.1, -0.05) is 29.8 Å². The van der Waals surface area contributed by atoms with Crippen molar-refractivity contribution < 1.29 is 9.90 Å². The summed E-state index contributed by atoms with van der Waals surface area (Å²) in [4.78, 5) is 14.2. The van der Waals surface area contributed by atoms with Crippen molar-refractivity contribution in [3.05, 3.63) is 34.9 Å². The van der Waals surface area contributed by atoms with Gasteiger partial charge < -0.3 is 15.3 Å². The van der Waals surface area contributed by atoms with Gasteiger partial charge in [0.25, 0.3) is 0 Å². The molecule has 0 atom stereocenters. The van der Waals surface area contributed by atoms with Gasteiger partial charge in [-0.3, -0.25) is 4.79 Å². The van der Waals surface area contributed by atoms with Crippen molar-refractivity contribution in [2.24, 2.45) is 0 Å². The van der Waals surface area contributed by atoms with Crippen molar-refractivity contribution >= 4 is 17.5 Å². The van der Waals surface area contributed by atoms with Crippen molar-refractivity contribution in [2.45, 2.75) is 31.8 Å². The molecule has 4 nitrogen and oxygen atoms in total. The Kier molecular flexibility index (Phi) is 6.49. The van der Waals surface area contributed by atoms with Crippen molar-refractivity contribution in [3.8, 4) is 0 Å². The van der Waals surface area contributed by atoms with Crippen molar-refractivity contribution in [1.82, 2.24) is 10.2 Å². The molecular formula is C16H23ClN2O2. The standard InChI is InChI=1S/C16H23ClN2O2/c17-15-5-2-1-4-13(15)12-16(21)18-8-3-9-19-10-6-14(20)7-11-19/h1-2,4-5,14,20H,3,6-12H2,(H,18,21). The van der Waals surface area contributed by atoms with Gasteiger partial charge in [0, 0.05) is 24.7 Å². The summed E-state index contributed by atoms with van der Waals surface area (Å²) in [7, 11) is 0. The zero-order valence-electron chi connectivity index (χ0n) is 12.2. The monoisotopic (exact) mass is 310 g/mol. The number of hydrogen-bond donors (Lipinski definition) is 2. The summed E-state index contributed by atoms with van der Waals surface area (Å²) < 4.78 is 0. The smallest absolute Gasteiger partial charge is 0.224 e. The van der Waals surface area contributed by atoms with Gasteiger partial charge in [-0.25, -0.2) is 0 Å². The predicted octanol–water partition coefficient (Wildman–Crippen LogP) is 1.85. The number of aliphatic hydroxyl groups is 1. The first-order valence-corrected chi connectivity index (χ1v) is 7.93. The SMILES string of the molecule is O=C(Cc1ccccc1Cl)NCCCN1CCC(O)CC1. The number of hydrogen-bond acceptors (Lipinski definition) is 3. The first kappa shape index (κ1) is 16.3. The highest BCUT2D eigenvalue weighted by Crippen LogP contribution is 2.15. The fourth-order valence-electron chi connectivity index (χ4n) is 2.55. The van der Waals surface area contributed by atoms with Gasteiger partial charge in [-0.05, 0) is 37.4 Å².